The Kier molecular flexibility index (Phi) is 9.68. The Bertz CT molecular complexity index is 1250. The number of nitrogens with one attached hydrogen (secondary N) is 1. The van der Waals surface area contributed by atoms with Crippen molar-refractivity contribution in [2.24, 2.45) is 0 Å². The number of piperidine rings is 2. The van der Waals surface area contributed by atoms with E-state index < -0.39 is 15.3 Å². The first-order valence-corrected chi connectivity index (χ1v) is 16.3. The van der Waals surface area contributed by atoms with Crippen LogP contribution in [0.3, 0.4) is 0 Å². The summed E-state index contributed by atoms with van der Waals surface area (Å²) < 4.78 is 27.3. The zero-order chi connectivity index (χ0) is 29.1. The van der Waals surface area contributed by atoms with Crippen LogP contribution in [0, 0.1) is 6.92 Å². The van der Waals surface area contributed by atoms with E-state index in [0.29, 0.717) is 24.8 Å². The van der Waals surface area contributed by atoms with E-state index in [1.807, 2.05) is 11.8 Å². The summed E-state index contributed by atoms with van der Waals surface area (Å²) in [7, 11) is -3.24. The van der Waals surface area contributed by atoms with E-state index >= 15 is 0 Å². The van der Waals surface area contributed by atoms with Crippen molar-refractivity contribution in [2.75, 3.05) is 26.2 Å². The molecular formula is C31H47N5O3S. The molecule has 0 unspecified atom stereocenters. The Morgan fingerprint density at radius 2 is 1.60 bits per heavy atom. The quantitative estimate of drug-likeness (QED) is 0.510. The summed E-state index contributed by atoms with van der Waals surface area (Å²) in [5.41, 5.74) is 5.06. The fourth-order valence-corrected chi connectivity index (χ4v) is 6.70. The summed E-state index contributed by atoms with van der Waals surface area (Å²) in [6, 6.07) is 9.25. The van der Waals surface area contributed by atoms with E-state index in [1.165, 1.54) is 17.5 Å². The molecule has 0 atom stereocenters. The van der Waals surface area contributed by atoms with Crippen LogP contribution in [0.4, 0.5) is 0 Å². The van der Waals surface area contributed by atoms with Crippen molar-refractivity contribution in [2.45, 2.75) is 103 Å². The van der Waals surface area contributed by atoms with Crippen molar-refractivity contribution in [3.63, 3.8) is 0 Å². The monoisotopic (exact) mass is 569 g/mol. The number of rotatable bonds is 8. The lowest BCUT2D eigenvalue weighted by atomic mass is 9.86. The van der Waals surface area contributed by atoms with Crippen LogP contribution < -0.4 is 4.72 Å². The Morgan fingerprint density at radius 1 is 0.975 bits per heavy atom. The molecule has 2 fully saturated rings. The van der Waals surface area contributed by atoms with Crippen molar-refractivity contribution in [1.29, 1.82) is 0 Å². The number of likely N-dealkylation sites (tertiary alicyclic amines) is 2. The van der Waals surface area contributed by atoms with Gasteiger partial charge >= 0.3 is 0 Å². The van der Waals surface area contributed by atoms with Crippen molar-refractivity contribution in [3.05, 3.63) is 58.7 Å². The van der Waals surface area contributed by atoms with Crippen LogP contribution in [-0.2, 0) is 28.3 Å². The third-order valence-corrected chi connectivity index (χ3v) is 10.5. The maximum absolute atomic E-state index is 13.4. The fraction of sp³-hybridized carbons (Fsp3) is 0.645. The molecule has 3 heterocycles. The van der Waals surface area contributed by atoms with Crippen LogP contribution in [0.2, 0.25) is 0 Å². The van der Waals surface area contributed by atoms with E-state index in [4.69, 9.17) is 0 Å². The molecule has 9 heteroatoms. The molecule has 2 aliphatic rings. The van der Waals surface area contributed by atoms with E-state index in [2.05, 4.69) is 64.6 Å². The molecule has 1 N–H and O–H groups in total. The molecule has 0 bridgehead atoms. The van der Waals surface area contributed by atoms with E-state index in [9.17, 15) is 13.2 Å². The van der Waals surface area contributed by atoms with E-state index in [0.717, 1.165) is 62.9 Å². The topological polar surface area (TPSA) is 95.5 Å². The molecule has 8 nitrogen and oxygen atoms in total. The number of sulfonamides is 1. The van der Waals surface area contributed by atoms with Gasteiger partial charge in [-0.15, -0.1) is 0 Å². The first kappa shape index (κ1) is 30.6. The summed E-state index contributed by atoms with van der Waals surface area (Å²) >= 11 is 0. The Labute approximate surface area is 241 Å². The van der Waals surface area contributed by atoms with Crippen LogP contribution in [-0.4, -0.2) is 77.6 Å². The number of carbonyl (C=O) groups is 1. The molecule has 1 aromatic carbocycles. The molecule has 1 amide bonds. The molecule has 2 aromatic rings. The third kappa shape index (κ3) is 7.47. The fourth-order valence-electron chi connectivity index (χ4n) is 5.72. The lowest BCUT2D eigenvalue weighted by Gasteiger charge is -2.42. The highest BCUT2D eigenvalue weighted by atomic mass is 32.2. The number of aromatic nitrogens is 2. The summed E-state index contributed by atoms with van der Waals surface area (Å²) in [6.07, 6.45) is 6.68. The number of carbonyl (C=O) groups excluding carboxylic acids is 1. The third-order valence-electron chi connectivity index (χ3n) is 8.61. The highest BCUT2D eigenvalue weighted by molar-refractivity contribution is 7.90. The van der Waals surface area contributed by atoms with Crippen LogP contribution in [0.25, 0.3) is 0 Å². The number of hydrogen-bond donors (Lipinski definition) is 1. The minimum atomic E-state index is -3.24. The van der Waals surface area contributed by atoms with Gasteiger partial charge in [0.1, 0.15) is 12.0 Å². The second-order valence-corrected chi connectivity index (χ2v) is 15.1. The van der Waals surface area contributed by atoms with Gasteiger partial charge in [0.25, 0.3) is 5.91 Å². The average Bonchev–Trinajstić information content (AvgIpc) is 2.92. The van der Waals surface area contributed by atoms with E-state index in [-0.39, 0.29) is 17.4 Å². The molecule has 0 aliphatic carbocycles. The molecule has 4 rings (SSSR count). The first-order valence-electron chi connectivity index (χ1n) is 14.8. The minimum Gasteiger partial charge on any atom is -0.337 e. The van der Waals surface area contributed by atoms with Gasteiger partial charge < -0.3 is 9.80 Å². The molecule has 0 radical (unpaired) electrons. The van der Waals surface area contributed by atoms with Gasteiger partial charge in [-0.1, -0.05) is 45.0 Å². The molecule has 2 saturated heterocycles. The summed E-state index contributed by atoms with van der Waals surface area (Å²) in [4.78, 5) is 26.8. The molecule has 220 valence electrons. The second kappa shape index (κ2) is 12.7. The predicted molar refractivity (Wildman–Crippen MR) is 160 cm³/mol. The standard InChI is InChI=1S/C31H47N5O3S/c1-22(2)40(38,39)34-26-13-17-35(18-14-26)27-15-19-36(20-16-27)30(37)29-23(3)28(32-21-33-29)12-9-24-7-10-25(11-8-24)31(4,5)6/h7-8,10-11,21-22,26-27,34H,9,12-20H2,1-6H3. The molecule has 0 spiro atoms. The zero-order valence-electron chi connectivity index (χ0n) is 25.1. The molecule has 2 aliphatic heterocycles. The summed E-state index contributed by atoms with van der Waals surface area (Å²) in [6.45, 7) is 15.2. The van der Waals surface area contributed by atoms with Crippen molar-refractivity contribution in [1.82, 2.24) is 24.5 Å². The van der Waals surface area contributed by atoms with Crippen LogP contribution in [0.15, 0.2) is 30.6 Å². The van der Waals surface area contributed by atoms with Gasteiger partial charge in [0.15, 0.2) is 0 Å². The number of nitrogens with zero attached hydrogens (tertiary/aromatic N) is 4. The number of benzene rings is 1. The smallest absolute Gasteiger partial charge is 0.272 e. The Morgan fingerprint density at radius 3 is 2.17 bits per heavy atom. The molecule has 1 aromatic heterocycles. The first-order chi connectivity index (χ1) is 18.8. The van der Waals surface area contributed by atoms with E-state index in [1.54, 1.807) is 13.8 Å². The predicted octanol–water partition coefficient (Wildman–Crippen LogP) is 4.26. The maximum Gasteiger partial charge on any atom is 0.272 e. The highest BCUT2D eigenvalue weighted by Crippen LogP contribution is 2.25. The largest absolute Gasteiger partial charge is 0.337 e. The maximum atomic E-state index is 13.4. The highest BCUT2D eigenvalue weighted by Gasteiger charge is 2.32. The summed E-state index contributed by atoms with van der Waals surface area (Å²) in [5, 5.41) is -0.409. The van der Waals surface area contributed by atoms with Crippen molar-refractivity contribution in [3.8, 4) is 0 Å². The van der Waals surface area contributed by atoms with Gasteiger partial charge in [0.05, 0.1) is 5.25 Å². The Balaban J connectivity index is 1.28. The molecular weight excluding hydrogens is 522 g/mol. The SMILES string of the molecule is Cc1c(CCc2ccc(C(C)(C)C)cc2)ncnc1C(=O)N1CCC(N2CCC(NS(=O)(=O)C(C)C)CC2)CC1. The molecule has 0 saturated carbocycles. The normalized spacial score (nSPS) is 18.4. The van der Waals surface area contributed by atoms with Gasteiger partial charge in [-0.05, 0) is 88.9 Å². The van der Waals surface area contributed by atoms with Gasteiger partial charge in [-0.2, -0.15) is 0 Å². The minimum absolute atomic E-state index is 0.00377. The van der Waals surface area contributed by atoms with Crippen LogP contribution in [0.5, 0.6) is 0 Å². The zero-order valence-corrected chi connectivity index (χ0v) is 25.9. The van der Waals surface area contributed by atoms with Crippen LogP contribution in [0.1, 0.15) is 93.2 Å². The van der Waals surface area contributed by atoms with Gasteiger partial charge in [0.2, 0.25) is 10.0 Å². The van der Waals surface area contributed by atoms with Crippen molar-refractivity contribution >= 4 is 15.9 Å². The molecule has 40 heavy (non-hydrogen) atoms. The van der Waals surface area contributed by atoms with Crippen LogP contribution >= 0.6 is 0 Å². The van der Waals surface area contributed by atoms with Gasteiger partial charge in [-0.25, -0.2) is 23.1 Å². The lowest BCUT2D eigenvalue weighted by molar-refractivity contribution is 0.0570. The number of amides is 1. The second-order valence-electron chi connectivity index (χ2n) is 12.8. The Hall–Kier alpha value is -2.36. The average molecular weight is 570 g/mol. The van der Waals surface area contributed by atoms with Crippen molar-refractivity contribution < 1.29 is 13.2 Å². The number of aryl methyl sites for hydroxylation is 2. The lowest BCUT2D eigenvalue weighted by Crippen LogP contribution is -2.52. The van der Waals surface area contributed by atoms with Gasteiger partial charge in [-0.3, -0.25) is 4.79 Å². The van der Waals surface area contributed by atoms with Gasteiger partial charge in [0, 0.05) is 36.4 Å². The number of hydrogen-bond acceptors (Lipinski definition) is 6. The summed E-state index contributed by atoms with van der Waals surface area (Å²) in [5.74, 6) is -0.00377.